The topological polar surface area (TPSA) is 32.3 Å². The van der Waals surface area contributed by atoms with Crippen molar-refractivity contribution in [2.24, 2.45) is 0 Å². The molecule has 0 aliphatic heterocycles. The molecule has 2 N–H and O–H groups in total. The molecule has 0 saturated carbocycles. The molecule has 2 nitrogen and oxygen atoms in total. The third kappa shape index (κ3) is 4.39. The molecule has 20 heavy (non-hydrogen) atoms. The van der Waals surface area contributed by atoms with Crippen molar-refractivity contribution in [3.05, 3.63) is 65.2 Å². The van der Waals surface area contributed by atoms with Gasteiger partial charge in [0.05, 0.1) is 0 Å². The van der Waals surface area contributed by atoms with Gasteiger partial charge < -0.3 is 10.4 Å². The molecule has 0 spiro atoms. The van der Waals surface area contributed by atoms with Crippen molar-refractivity contribution in [2.45, 2.75) is 39.3 Å². The van der Waals surface area contributed by atoms with Gasteiger partial charge in [0.1, 0.15) is 5.75 Å². The average Bonchev–Trinajstić information content (AvgIpc) is 2.46. The van der Waals surface area contributed by atoms with Gasteiger partial charge in [-0.25, -0.2) is 0 Å². The van der Waals surface area contributed by atoms with Crippen molar-refractivity contribution in [1.82, 2.24) is 5.32 Å². The number of hydrogen-bond acceptors (Lipinski definition) is 2. The molecule has 0 aliphatic carbocycles. The van der Waals surface area contributed by atoms with E-state index in [4.69, 9.17) is 0 Å². The van der Waals surface area contributed by atoms with Gasteiger partial charge in [-0.2, -0.15) is 0 Å². The van der Waals surface area contributed by atoms with E-state index in [1.165, 1.54) is 16.7 Å². The fourth-order valence-corrected chi connectivity index (χ4v) is 2.24. The Labute approximate surface area is 121 Å². The van der Waals surface area contributed by atoms with Gasteiger partial charge in [-0.3, -0.25) is 0 Å². The fraction of sp³-hybridized carbons (Fsp3) is 0.333. The number of aryl methyl sites for hydroxylation is 2. The molecule has 1 unspecified atom stereocenters. The van der Waals surface area contributed by atoms with E-state index in [9.17, 15) is 5.11 Å². The van der Waals surface area contributed by atoms with Crippen LogP contribution in [0.25, 0.3) is 0 Å². The molecule has 0 bridgehead atoms. The van der Waals surface area contributed by atoms with E-state index in [-0.39, 0.29) is 0 Å². The second-order valence-corrected chi connectivity index (χ2v) is 5.41. The first-order chi connectivity index (χ1) is 9.65. The zero-order valence-electron chi connectivity index (χ0n) is 12.3. The number of phenols is 1. The standard InChI is InChI=1S/C18H23NO/c1-14-5-3-4-6-17(14)13-19-15(2)7-8-16-9-11-18(20)12-10-16/h3-6,9-12,15,19-20H,7-8,13H2,1-2H3. The molecule has 0 aliphatic rings. The molecular formula is C18H23NO. The van der Waals surface area contributed by atoms with Crippen LogP contribution in [0.3, 0.4) is 0 Å². The van der Waals surface area contributed by atoms with Crippen LogP contribution in [0.15, 0.2) is 48.5 Å². The number of rotatable bonds is 6. The van der Waals surface area contributed by atoms with Crippen molar-refractivity contribution in [1.29, 1.82) is 0 Å². The van der Waals surface area contributed by atoms with Gasteiger partial charge in [0.25, 0.3) is 0 Å². The first-order valence-corrected chi connectivity index (χ1v) is 7.21. The second-order valence-electron chi connectivity index (χ2n) is 5.41. The summed E-state index contributed by atoms with van der Waals surface area (Å²) in [6.07, 6.45) is 2.12. The van der Waals surface area contributed by atoms with Crippen LogP contribution in [0.5, 0.6) is 5.75 Å². The summed E-state index contributed by atoms with van der Waals surface area (Å²) >= 11 is 0. The van der Waals surface area contributed by atoms with Gasteiger partial charge in [0.2, 0.25) is 0 Å². The molecule has 0 aromatic heterocycles. The lowest BCUT2D eigenvalue weighted by Crippen LogP contribution is -2.26. The van der Waals surface area contributed by atoms with Crippen molar-refractivity contribution < 1.29 is 5.11 Å². The van der Waals surface area contributed by atoms with Crippen LogP contribution >= 0.6 is 0 Å². The van der Waals surface area contributed by atoms with Crippen molar-refractivity contribution in [3.63, 3.8) is 0 Å². The predicted molar refractivity (Wildman–Crippen MR) is 83.9 cm³/mol. The van der Waals surface area contributed by atoms with E-state index < -0.39 is 0 Å². The Balaban J connectivity index is 1.77. The Morgan fingerprint density at radius 1 is 1.05 bits per heavy atom. The number of nitrogens with one attached hydrogen (secondary N) is 1. The highest BCUT2D eigenvalue weighted by Crippen LogP contribution is 2.12. The van der Waals surface area contributed by atoms with Crippen LogP contribution in [0.2, 0.25) is 0 Å². The van der Waals surface area contributed by atoms with E-state index in [0.717, 1.165) is 19.4 Å². The molecule has 2 rings (SSSR count). The Kier molecular flexibility index (Phi) is 5.19. The number of benzene rings is 2. The van der Waals surface area contributed by atoms with Crippen LogP contribution in [0.4, 0.5) is 0 Å². The molecule has 2 heteroatoms. The van der Waals surface area contributed by atoms with Crippen LogP contribution in [0, 0.1) is 6.92 Å². The molecule has 0 radical (unpaired) electrons. The van der Waals surface area contributed by atoms with E-state index >= 15 is 0 Å². The predicted octanol–water partition coefficient (Wildman–Crippen LogP) is 3.81. The zero-order valence-corrected chi connectivity index (χ0v) is 12.3. The molecule has 0 amide bonds. The van der Waals surface area contributed by atoms with E-state index in [0.29, 0.717) is 11.8 Å². The Morgan fingerprint density at radius 2 is 1.75 bits per heavy atom. The maximum Gasteiger partial charge on any atom is 0.115 e. The maximum absolute atomic E-state index is 9.26. The van der Waals surface area contributed by atoms with Crippen molar-refractivity contribution in [3.8, 4) is 5.75 Å². The van der Waals surface area contributed by atoms with Gasteiger partial charge in [-0.1, -0.05) is 36.4 Å². The SMILES string of the molecule is Cc1ccccc1CNC(C)CCc1ccc(O)cc1. The van der Waals surface area contributed by atoms with Crippen LogP contribution in [-0.2, 0) is 13.0 Å². The number of phenolic OH excluding ortho intramolecular Hbond substituents is 1. The fourth-order valence-electron chi connectivity index (χ4n) is 2.24. The van der Waals surface area contributed by atoms with Gasteiger partial charge in [-0.05, 0) is 55.5 Å². The normalized spacial score (nSPS) is 12.3. The summed E-state index contributed by atoms with van der Waals surface area (Å²) in [4.78, 5) is 0. The highest BCUT2D eigenvalue weighted by atomic mass is 16.3. The summed E-state index contributed by atoms with van der Waals surface area (Å²) in [6, 6.07) is 16.4. The van der Waals surface area contributed by atoms with Crippen LogP contribution in [0.1, 0.15) is 30.0 Å². The molecule has 2 aromatic rings. The summed E-state index contributed by atoms with van der Waals surface area (Å²) in [5, 5.41) is 12.8. The molecule has 2 aromatic carbocycles. The quantitative estimate of drug-likeness (QED) is 0.835. The summed E-state index contributed by atoms with van der Waals surface area (Å²) < 4.78 is 0. The minimum absolute atomic E-state index is 0.333. The molecule has 0 heterocycles. The maximum atomic E-state index is 9.26. The third-order valence-corrected chi connectivity index (χ3v) is 3.70. The molecule has 0 saturated heterocycles. The monoisotopic (exact) mass is 269 g/mol. The highest BCUT2D eigenvalue weighted by molar-refractivity contribution is 5.26. The Hall–Kier alpha value is -1.80. The van der Waals surface area contributed by atoms with E-state index in [1.54, 1.807) is 12.1 Å². The summed E-state index contributed by atoms with van der Waals surface area (Å²) in [5.41, 5.74) is 3.97. The van der Waals surface area contributed by atoms with Crippen molar-refractivity contribution >= 4 is 0 Å². The van der Waals surface area contributed by atoms with Gasteiger partial charge in [-0.15, -0.1) is 0 Å². The zero-order chi connectivity index (χ0) is 14.4. The van der Waals surface area contributed by atoms with E-state index in [2.05, 4.69) is 43.4 Å². The molecule has 106 valence electrons. The summed E-state index contributed by atoms with van der Waals surface area (Å²) in [6.45, 7) is 5.29. The highest BCUT2D eigenvalue weighted by Gasteiger charge is 2.04. The number of hydrogen-bond donors (Lipinski definition) is 2. The second kappa shape index (κ2) is 7.11. The Bertz CT molecular complexity index is 533. The van der Waals surface area contributed by atoms with Gasteiger partial charge in [0, 0.05) is 12.6 Å². The first-order valence-electron chi connectivity index (χ1n) is 7.21. The molecular weight excluding hydrogens is 246 g/mol. The third-order valence-electron chi connectivity index (χ3n) is 3.70. The first kappa shape index (κ1) is 14.6. The smallest absolute Gasteiger partial charge is 0.115 e. The number of aromatic hydroxyl groups is 1. The molecule has 0 fully saturated rings. The van der Waals surface area contributed by atoms with Gasteiger partial charge in [0.15, 0.2) is 0 Å². The lowest BCUT2D eigenvalue weighted by Gasteiger charge is -2.15. The largest absolute Gasteiger partial charge is 0.508 e. The summed E-state index contributed by atoms with van der Waals surface area (Å²) in [5.74, 6) is 0.333. The lowest BCUT2D eigenvalue weighted by molar-refractivity contribution is 0.474. The minimum Gasteiger partial charge on any atom is -0.508 e. The van der Waals surface area contributed by atoms with Gasteiger partial charge >= 0.3 is 0 Å². The van der Waals surface area contributed by atoms with Crippen LogP contribution in [-0.4, -0.2) is 11.1 Å². The summed E-state index contributed by atoms with van der Waals surface area (Å²) in [7, 11) is 0. The average molecular weight is 269 g/mol. The minimum atomic E-state index is 0.333. The Morgan fingerprint density at radius 3 is 2.45 bits per heavy atom. The lowest BCUT2D eigenvalue weighted by atomic mass is 10.0. The molecule has 1 atom stereocenters. The van der Waals surface area contributed by atoms with Crippen LogP contribution < -0.4 is 5.32 Å². The van der Waals surface area contributed by atoms with Crippen molar-refractivity contribution in [2.75, 3.05) is 0 Å². The van der Waals surface area contributed by atoms with E-state index in [1.807, 2.05) is 12.1 Å².